The molecule has 1 fully saturated rings. The van der Waals surface area contributed by atoms with E-state index in [1.165, 1.54) is 4.90 Å². The van der Waals surface area contributed by atoms with E-state index in [9.17, 15) is 29.7 Å². The number of aromatic nitrogens is 1. The van der Waals surface area contributed by atoms with Gasteiger partial charge in [0.05, 0.1) is 37.6 Å². The molecule has 0 bridgehead atoms. The zero-order valence-electron chi connectivity index (χ0n) is 17.9. The molecule has 0 amide bonds. The fraction of sp³-hybridized carbons (Fsp3) is 0.619. The summed E-state index contributed by atoms with van der Waals surface area (Å²) < 4.78 is 5.59. The summed E-state index contributed by atoms with van der Waals surface area (Å²) in [6, 6.07) is 2.89. The van der Waals surface area contributed by atoms with Crippen molar-refractivity contribution in [3.8, 4) is 5.75 Å². The van der Waals surface area contributed by atoms with E-state index in [0.717, 1.165) is 12.8 Å². The van der Waals surface area contributed by atoms with Crippen LogP contribution in [-0.4, -0.2) is 85.8 Å². The minimum atomic E-state index is -1.11. The molecular weight excluding hydrogens is 406 g/mol. The van der Waals surface area contributed by atoms with E-state index in [1.54, 1.807) is 23.2 Å². The summed E-state index contributed by atoms with van der Waals surface area (Å²) in [6.45, 7) is 3.00. The predicted octanol–water partition coefficient (Wildman–Crippen LogP) is 1.54. The lowest BCUT2D eigenvalue weighted by Crippen LogP contribution is -2.56. The van der Waals surface area contributed by atoms with Crippen LogP contribution >= 0.6 is 0 Å². The Morgan fingerprint density at radius 1 is 0.968 bits per heavy atom. The number of nitrogens with zero attached hydrogens (tertiary/aromatic N) is 3. The molecule has 31 heavy (non-hydrogen) atoms. The van der Waals surface area contributed by atoms with Crippen molar-refractivity contribution in [3.63, 3.8) is 0 Å². The highest BCUT2D eigenvalue weighted by atomic mass is 16.5. The van der Waals surface area contributed by atoms with E-state index in [-0.39, 0.29) is 31.3 Å². The summed E-state index contributed by atoms with van der Waals surface area (Å²) in [4.78, 5) is 41.8. The Hall–Kier alpha value is -2.72. The lowest BCUT2D eigenvalue weighted by molar-refractivity contribution is -0.146. The van der Waals surface area contributed by atoms with Gasteiger partial charge in [-0.15, -0.1) is 0 Å². The van der Waals surface area contributed by atoms with Crippen LogP contribution < -0.4 is 4.74 Å². The Balaban J connectivity index is 2.24. The highest BCUT2D eigenvalue weighted by Gasteiger charge is 2.36. The zero-order valence-corrected chi connectivity index (χ0v) is 17.9. The van der Waals surface area contributed by atoms with Gasteiger partial charge in [-0.2, -0.15) is 0 Å². The van der Waals surface area contributed by atoms with Crippen LogP contribution in [0.2, 0.25) is 0 Å². The number of hydrogen-bond acceptors (Lipinski definition) is 7. The Morgan fingerprint density at radius 3 is 1.94 bits per heavy atom. The molecule has 10 nitrogen and oxygen atoms in total. The third kappa shape index (κ3) is 8.14. The van der Waals surface area contributed by atoms with Crippen LogP contribution in [0, 0.1) is 0 Å². The summed E-state index contributed by atoms with van der Waals surface area (Å²) >= 11 is 0. The summed E-state index contributed by atoms with van der Waals surface area (Å²) in [6.07, 6.45) is 4.55. The van der Waals surface area contributed by atoms with E-state index in [4.69, 9.17) is 4.74 Å². The quantitative estimate of drug-likeness (QED) is 0.441. The zero-order chi connectivity index (χ0) is 23.0. The van der Waals surface area contributed by atoms with Crippen LogP contribution in [-0.2, 0) is 20.9 Å². The number of ether oxygens (including phenoxy) is 1. The van der Waals surface area contributed by atoms with E-state index < -0.39 is 31.0 Å². The van der Waals surface area contributed by atoms with Crippen LogP contribution in [0.1, 0.15) is 45.2 Å². The summed E-state index contributed by atoms with van der Waals surface area (Å²) in [7, 11) is 0. The highest BCUT2D eigenvalue weighted by Crippen LogP contribution is 2.28. The van der Waals surface area contributed by atoms with Crippen molar-refractivity contribution < 1.29 is 34.4 Å². The van der Waals surface area contributed by atoms with Gasteiger partial charge < -0.3 is 20.1 Å². The second-order valence-electron chi connectivity index (χ2n) is 8.06. The van der Waals surface area contributed by atoms with Crippen LogP contribution in [0.3, 0.4) is 0 Å². The standard InChI is InChI=1S/C21H31N3O7/c1-14(2)31-16-8-7-15(22-9-16)10-23(11-19(25)26)17-5-3-4-6-18(17)24(12-20(27)28)13-21(29)30/h7-9,14,17-18H,3-6,10-13H2,1-2H3,(H,25,26)(H,27,28)(H,29,30)/t17-,18?/m0/s1. The van der Waals surface area contributed by atoms with Crippen LogP contribution in [0.15, 0.2) is 18.3 Å². The van der Waals surface area contributed by atoms with Crippen LogP contribution in [0.25, 0.3) is 0 Å². The van der Waals surface area contributed by atoms with Gasteiger partial charge in [-0.3, -0.25) is 29.2 Å². The SMILES string of the molecule is CC(C)Oc1ccc(CN(CC(=O)O)[C@H]2CCCCC2N(CC(=O)O)CC(=O)O)nc1. The molecule has 1 heterocycles. The molecule has 0 saturated heterocycles. The van der Waals surface area contributed by atoms with Gasteiger partial charge in [-0.25, -0.2) is 0 Å². The second kappa shape index (κ2) is 11.6. The third-order valence-corrected chi connectivity index (χ3v) is 5.18. The van der Waals surface area contributed by atoms with Gasteiger partial charge in [0.15, 0.2) is 0 Å². The van der Waals surface area contributed by atoms with Crippen molar-refractivity contribution >= 4 is 17.9 Å². The molecule has 172 valence electrons. The summed E-state index contributed by atoms with van der Waals surface area (Å²) in [5, 5.41) is 28.0. The van der Waals surface area contributed by atoms with Gasteiger partial charge in [-0.1, -0.05) is 12.8 Å². The number of carbonyl (C=O) groups is 3. The maximum atomic E-state index is 11.6. The Morgan fingerprint density at radius 2 is 1.48 bits per heavy atom. The average molecular weight is 437 g/mol. The van der Waals surface area contributed by atoms with Crippen LogP contribution in [0.5, 0.6) is 5.75 Å². The molecule has 1 unspecified atom stereocenters. The highest BCUT2D eigenvalue weighted by molar-refractivity contribution is 5.72. The number of carboxylic acids is 3. The van der Waals surface area contributed by atoms with Crippen molar-refractivity contribution in [1.82, 2.24) is 14.8 Å². The van der Waals surface area contributed by atoms with Crippen molar-refractivity contribution in [1.29, 1.82) is 0 Å². The monoisotopic (exact) mass is 437 g/mol. The topological polar surface area (TPSA) is 140 Å². The normalized spacial score (nSPS) is 19.0. The molecule has 2 rings (SSSR count). The molecule has 1 aromatic heterocycles. The lowest BCUT2D eigenvalue weighted by atomic mass is 9.87. The number of aliphatic carboxylic acids is 3. The van der Waals surface area contributed by atoms with E-state index in [0.29, 0.717) is 24.3 Å². The molecule has 2 atom stereocenters. The van der Waals surface area contributed by atoms with Gasteiger partial charge in [0, 0.05) is 18.6 Å². The molecule has 1 saturated carbocycles. The smallest absolute Gasteiger partial charge is 0.317 e. The van der Waals surface area contributed by atoms with Crippen molar-refractivity contribution in [2.75, 3.05) is 19.6 Å². The first-order valence-corrected chi connectivity index (χ1v) is 10.4. The number of pyridine rings is 1. The number of rotatable bonds is 12. The maximum absolute atomic E-state index is 11.6. The lowest BCUT2D eigenvalue weighted by Gasteiger charge is -2.43. The molecule has 3 N–H and O–H groups in total. The molecule has 1 aromatic rings. The number of carboxylic acid groups (broad SMARTS) is 3. The first-order chi connectivity index (χ1) is 14.7. The molecule has 0 spiro atoms. The minimum Gasteiger partial charge on any atom is -0.489 e. The average Bonchev–Trinajstić information content (AvgIpc) is 2.67. The minimum absolute atomic E-state index is 0.00797. The van der Waals surface area contributed by atoms with Crippen molar-refractivity contribution in [2.24, 2.45) is 0 Å². The molecule has 1 aliphatic carbocycles. The van der Waals surface area contributed by atoms with Crippen molar-refractivity contribution in [2.45, 2.75) is 64.3 Å². The van der Waals surface area contributed by atoms with Gasteiger partial charge in [0.1, 0.15) is 5.75 Å². The Labute approximate surface area is 181 Å². The van der Waals surface area contributed by atoms with E-state index >= 15 is 0 Å². The largest absolute Gasteiger partial charge is 0.489 e. The van der Waals surface area contributed by atoms with Gasteiger partial charge in [0.25, 0.3) is 0 Å². The van der Waals surface area contributed by atoms with Crippen LogP contribution in [0.4, 0.5) is 0 Å². The molecule has 0 aromatic carbocycles. The van der Waals surface area contributed by atoms with Gasteiger partial charge in [0.2, 0.25) is 0 Å². The van der Waals surface area contributed by atoms with Crippen molar-refractivity contribution in [3.05, 3.63) is 24.0 Å². The molecule has 0 aliphatic heterocycles. The molecule has 1 aliphatic rings. The summed E-state index contributed by atoms with van der Waals surface area (Å²) in [5.41, 5.74) is 0.657. The second-order valence-corrected chi connectivity index (χ2v) is 8.06. The molecular formula is C21H31N3O7. The fourth-order valence-electron chi connectivity index (χ4n) is 4.10. The molecule has 10 heteroatoms. The third-order valence-electron chi connectivity index (χ3n) is 5.18. The fourth-order valence-corrected chi connectivity index (χ4v) is 4.10. The predicted molar refractivity (Wildman–Crippen MR) is 111 cm³/mol. The van der Waals surface area contributed by atoms with Gasteiger partial charge in [-0.05, 0) is 38.8 Å². The van der Waals surface area contributed by atoms with E-state index in [1.807, 2.05) is 13.8 Å². The molecule has 0 radical (unpaired) electrons. The van der Waals surface area contributed by atoms with Gasteiger partial charge >= 0.3 is 17.9 Å². The first-order valence-electron chi connectivity index (χ1n) is 10.4. The summed E-state index contributed by atoms with van der Waals surface area (Å²) in [5.74, 6) is -2.61. The first kappa shape index (κ1) is 24.5. The van der Waals surface area contributed by atoms with E-state index in [2.05, 4.69) is 4.98 Å². The maximum Gasteiger partial charge on any atom is 0.317 e. The Bertz CT molecular complexity index is 738. The Kier molecular flexibility index (Phi) is 9.20. The number of hydrogen-bond donors (Lipinski definition) is 3.